The van der Waals surface area contributed by atoms with Crippen LogP contribution >= 0.6 is 47.2 Å². The Morgan fingerprint density at radius 3 is 2.22 bits per heavy atom. The molecule has 2 heterocycles. The molecule has 0 bridgehead atoms. The van der Waals surface area contributed by atoms with Gasteiger partial charge in [-0.05, 0) is 43.7 Å². The number of nitrogens with zero attached hydrogens (tertiary/aromatic N) is 1. The number of benzene rings is 2. The molecule has 0 saturated carbocycles. The lowest BCUT2D eigenvalue weighted by Gasteiger charge is -2.30. The first-order valence-electron chi connectivity index (χ1n) is 11.7. The summed E-state index contributed by atoms with van der Waals surface area (Å²) in [5, 5.41) is 0.840. The maximum Gasteiger partial charge on any atom is 0.338 e. The van der Waals surface area contributed by atoms with Crippen molar-refractivity contribution in [2.45, 2.75) is 32.0 Å². The van der Waals surface area contributed by atoms with E-state index in [1.165, 1.54) is 6.07 Å². The number of carbonyl (C=O) groups excluding carboxylic acids is 1. The molecule has 0 fully saturated rings. The van der Waals surface area contributed by atoms with Gasteiger partial charge in [-0.2, -0.15) is 0 Å². The number of ether oxygens (including phenoxy) is 2. The van der Waals surface area contributed by atoms with Gasteiger partial charge < -0.3 is 13.9 Å². The largest absolute Gasteiger partial charge is 0.485 e. The number of rotatable bonds is 9. The minimum absolute atomic E-state index is 0. The predicted octanol–water partition coefficient (Wildman–Crippen LogP) is 6.16. The van der Waals surface area contributed by atoms with E-state index in [2.05, 4.69) is 4.90 Å². The second kappa shape index (κ2) is 14.8. The van der Waals surface area contributed by atoms with Crippen LogP contribution in [0.5, 0.6) is 5.75 Å². The van der Waals surface area contributed by atoms with Gasteiger partial charge in [-0.3, -0.25) is 4.90 Å². The summed E-state index contributed by atoms with van der Waals surface area (Å²) in [5.74, 6) is 2.21. The maximum atomic E-state index is 12.4. The van der Waals surface area contributed by atoms with E-state index in [1.54, 1.807) is 36.4 Å². The van der Waals surface area contributed by atoms with E-state index in [0.717, 1.165) is 30.6 Å². The molecule has 1 unspecified atom stereocenters. The molecule has 0 radical (unpaired) electrons. The van der Waals surface area contributed by atoms with Gasteiger partial charge in [0.05, 0.1) is 5.56 Å². The molecule has 202 valence electrons. The first-order valence-corrected chi connectivity index (χ1v) is 13.3. The van der Waals surface area contributed by atoms with Crippen molar-refractivity contribution in [3.05, 3.63) is 76.1 Å². The fraction of sp³-hybridized carbons (Fsp3) is 0.407. The van der Waals surface area contributed by atoms with Crippen molar-refractivity contribution >= 4 is 64.1 Å². The summed E-state index contributed by atoms with van der Waals surface area (Å²) in [5.41, 5.74) is 0.766. The van der Waals surface area contributed by atoms with Crippen molar-refractivity contribution in [3.8, 4) is 5.75 Å². The fourth-order valence-electron chi connectivity index (χ4n) is 3.83. The van der Waals surface area contributed by atoms with Crippen LogP contribution in [0.3, 0.4) is 0 Å². The van der Waals surface area contributed by atoms with Crippen molar-refractivity contribution in [3.63, 3.8) is 0 Å². The standard InChI is InChI=1S/C21H18O5.C6H12Cl3N.ClH/c1-21(2,26-20(23)13-6-4-3-5-7-13)18-11-15-10-14-8-9-19(22)25-16(14)12-17(15)24-18;7-1-4-10(5-2-8)6-3-9;/h3-10,12,18H,11H2,1-2H3;1-6H2;1H. The SMILES string of the molecule is CC(C)(OC(=O)c1ccccc1)C1Cc2cc3ccc(=O)oc3cc2O1.Cl.ClCCN(CCCl)CCCl. The zero-order valence-electron chi connectivity index (χ0n) is 20.8. The van der Waals surface area contributed by atoms with Crippen molar-refractivity contribution in [2.75, 3.05) is 37.3 Å². The van der Waals surface area contributed by atoms with E-state index in [0.29, 0.717) is 41.0 Å². The molecule has 1 aliphatic heterocycles. The molecule has 1 atom stereocenters. The quantitative estimate of drug-likeness (QED) is 0.169. The lowest BCUT2D eigenvalue weighted by atomic mass is 9.96. The van der Waals surface area contributed by atoms with E-state index in [4.69, 9.17) is 48.7 Å². The summed E-state index contributed by atoms with van der Waals surface area (Å²) >= 11 is 16.6. The average molecular weight is 591 g/mol. The number of fused-ring (bicyclic) bond motifs is 2. The van der Waals surface area contributed by atoms with Gasteiger partial charge in [0.15, 0.2) is 0 Å². The number of alkyl halides is 3. The summed E-state index contributed by atoms with van der Waals surface area (Å²) in [6.45, 7) is 6.30. The highest BCUT2D eigenvalue weighted by Gasteiger charge is 2.40. The van der Waals surface area contributed by atoms with Gasteiger partial charge in [0, 0.05) is 61.2 Å². The lowest BCUT2D eigenvalue weighted by molar-refractivity contribution is -0.0517. The molecule has 0 amide bonds. The Hall–Kier alpha value is -1.96. The molecule has 0 spiro atoms. The highest BCUT2D eigenvalue weighted by atomic mass is 35.5. The Kier molecular flexibility index (Phi) is 12.5. The van der Waals surface area contributed by atoms with Crippen LogP contribution in [0.4, 0.5) is 0 Å². The second-order valence-electron chi connectivity index (χ2n) is 8.83. The molecule has 4 rings (SSSR count). The molecule has 1 aliphatic rings. The topological polar surface area (TPSA) is 69.0 Å². The van der Waals surface area contributed by atoms with E-state index in [1.807, 2.05) is 26.0 Å². The summed E-state index contributed by atoms with van der Waals surface area (Å²) in [6.07, 6.45) is 0.285. The average Bonchev–Trinajstić information content (AvgIpc) is 3.28. The van der Waals surface area contributed by atoms with Crippen LogP contribution in [0.2, 0.25) is 0 Å². The molecule has 6 nitrogen and oxygen atoms in total. The van der Waals surface area contributed by atoms with Crippen molar-refractivity contribution in [1.29, 1.82) is 0 Å². The molecule has 1 aromatic heterocycles. The smallest absolute Gasteiger partial charge is 0.338 e. The highest BCUT2D eigenvalue weighted by Crippen LogP contribution is 2.37. The van der Waals surface area contributed by atoms with Crippen molar-refractivity contribution < 1.29 is 18.7 Å². The van der Waals surface area contributed by atoms with Crippen molar-refractivity contribution in [1.82, 2.24) is 4.90 Å². The number of halogens is 4. The molecular weight excluding hydrogens is 560 g/mol. The summed E-state index contributed by atoms with van der Waals surface area (Å²) in [6, 6.07) is 15.7. The second-order valence-corrected chi connectivity index (χ2v) is 9.96. The molecular formula is C27H31Cl4NO5. The third kappa shape index (κ3) is 8.79. The molecule has 0 aliphatic carbocycles. The van der Waals surface area contributed by atoms with Crippen LogP contribution < -0.4 is 10.4 Å². The highest BCUT2D eigenvalue weighted by molar-refractivity contribution is 6.18. The van der Waals surface area contributed by atoms with Gasteiger partial charge in [0.25, 0.3) is 0 Å². The van der Waals surface area contributed by atoms with Crippen LogP contribution in [0.15, 0.2) is 63.8 Å². The van der Waals surface area contributed by atoms with E-state index in [9.17, 15) is 9.59 Å². The molecule has 2 aromatic carbocycles. The Morgan fingerprint density at radius 2 is 1.62 bits per heavy atom. The third-order valence-electron chi connectivity index (χ3n) is 5.82. The minimum Gasteiger partial charge on any atom is -0.485 e. The number of carbonyl (C=O) groups is 1. The van der Waals surface area contributed by atoms with E-state index in [-0.39, 0.29) is 24.5 Å². The molecule has 0 saturated heterocycles. The first kappa shape index (κ1) is 31.3. The minimum atomic E-state index is -0.820. The van der Waals surface area contributed by atoms with Gasteiger partial charge in [0.1, 0.15) is 23.0 Å². The van der Waals surface area contributed by atoms with Crippen LogP contribution in [-0.4, -0.2) is 59.8 Å². The Bertz CT molecular complexity index is 1190. The molecule has 0 N–H and O–H groups in total. The van der Waals surface area contributed by atoms with Crippen LogP contribution in [-0.2, 0) is 11.2 Å². The van der Waals surface area contributed by atoms with Gasteiger partial charge in [-0.1, -0.05) is 18.2 Å². The van der Waals surface area contributed by atoms with Gasteiger partial charge in [-0.25, -0.2) is 9.59 Å². The zero-order chi connectivity index (χ0) is 26.1. The van der Waals surface area contributed by atoms with E-state index >= 15 is 0 Å². The summed E-state index contributed by atoms with van der Waals surface area (Å²) in [7, 11) is 0. The Morgan fingerprint density at radius 1 is 1.00 bits per heavy atom. The molecule has 3 aromatic rings. The monoisotopic (exact) mass is 589 g/mol. The maximum absolute atomic E-state index is 12.4. The van der Waals surface area contributed by atoms with E-state index < -0.39 is 11.2 Å². The van der Waals surface area contributed by atoms with Crippen LogP contribution in [0.25, 0.3) is 11.0 Å². The molecule has 10 heteroatoms. The third-order valence-corrected chi connectivity index (χ3v) is 6.33. The number of hydrogen-bond acceptors (Lipinski definition) is 6. The van der Waals surface area contributed by atoms with Crippen LogP contribution in [0.1, 0.15) is 29.8 Å². The van der Waals surface area contributed by atoms with Gasteiger partial charge >= 0.3 is 11.6 Å². The number of esters is 1. The summed E-state index contributed by atoms with van der Waals surface area (Å²) < 4.78 is 16.9. The summed E-state index contributed by atoms with van der Waals surface area (Å²) in [4.78, 5) is 25.9. The van der Waals surface area contributed by atoms with Crippen molar-refractivity contribution in [2.24, 2.45) is 0 Å². The van der Waals surface area contributed by atoms with Crippen LogP contribution in [0, 0.1) is 0 Å². The molecule has 37 heavy (non-hydrogen) atoms. The van der Waals surface area contributed by atoms with Gasteiger partial charge in [-0.15, -0.1) is 47.2 Å². The lowest BCUT2D eigenvalue weighted by Crippen LogP contribution is -2.43. The normalized spacial score (nSPS) is 14.3. The zero-order valence-corrected chi connectivity index (χ0v) is 23.8. The fourth-order valence-corrected chi connectivity index (χ4v) is 4.54. The predicted molar refractivity (Wildman–Crippen MR) is 152 cm³/mol. The first-order chi connectivity index (χ1) is 17.3. The Balaban J connectivity index is 0.000000376. The van der Waals surface area contributed by atoms with Gasteiger partial charge in [0.2, 0.25) is 0 Å². The number of hydrogen-bond donors (Lipinski definition) is 0. The Labute approximate surface area is 238 Å².